The molecule has 0 bridgehead atoms. The van der Waals surface area contributed by atoms with Crippen LogP contribution < -0.4 is 10.2 Å². The van der Waals surface area contributed by atoms with Crippen LogP contribution in [0.1, 0.15) is 16.7 Å². The Bertz CT molecular complexity index is 824. The van der Waals surface area contributed by atoms with E-state index < -0.39 is 0 Å². The molecule has 0 atom stereocenters. The van der Waals surface area contributed by atoms with Crippen molar-refractivity contribution in [3.63, 3.8) is 0 Å². The SMILES string of the molecule is Cc1cc(C)cc(N2C(=O)/C(=C\c3cccc(Cl)c3)NC2=S)c1. The van der Waals surface area contributed by atoms with E-state index in [-0.39, 0.29) is 5.91 Å². The van der Waals surface area contributed by atoms with Crippen molar-refractivity contribution in [2.24, 2.45) is 0 Å². The van der Waals surface area contributed by atoms with Crippen LogP contribution in [0.25, 0.3) is 6.08 Å². The molecule has 23 heavy (non-hydrogen) atoms. The first kappa shape index (κ1) is 15.7. The third kappa shape index (κ3) is 3.28. The van der Waals surface area contributed by atoms with Gasteiger partial charge >= 0.3 is 0 Å². The summed E-state index contributed by atoms with van der Waals surface area (Å²) in [6, 6.07) is 13.3. The number of hydrogen-bond donors (Lipinski definition) is 1. The van der Waals surface area contributed by atoms with Crippen molar-refractivity contribution in [3.8, 4) is 0 Å². The predicted octanol–water partition coefficient (Wildman–Crippen LogP) is 4.22. The summed E-state index contributed by atoms with van der Waals surface area (Å²) in [5.41, 5.74) is 4.24. The molecule has 0 aliphatic carbocycles. The number of hydrogen-bond acceptors (Lipinski definition) is 2. The standard InChI is InChI=1S/C18H15ClN2OS/c1-11-6-12(2)8-15(7-11)21-17(22)16(20-18(21)23)10-13-4-3-5-14(19)9-13/h3-10H,1-2H3,(H,20,23)/b16-10+. The number of thiocarbonyl (C=S) groups is 1. The lowest BCUT2D eigenvalue weighted by molar-refractivity contribution is -0.113. The smallest absolute Gasteiger partial charge is 0.281 e. The van der Waals surface area contributed by atoms with Gasteiger partial charge in [0.1, 0.15) is 5.70 Å². The number of nitrogens with zero attached hydrogens (tertiary/aromatic N) is 1. The molecule has 1 heterocycles. The van der Waals surface area contributed by atoms with Crippen LogP contribution in [0, 0.1) is 13.8 Å². The second kappa shape index (κ2) is 6.14. The second-order valence-electron chi connectivity index (χ2n) is 5.53. The Kier molecular flexibility index (Phi) is 4.20. The van der Waals surface area contributed by atoms with Gasteiger partial charge in [-0.2, -0.15) is 0 Å². The lowest BCUT2D eigenvalue weighted by Gasteiger charge is -2.15. The number of carbonyl (C=O) groups is 1. The Morgan fingerprint density at radius 3 is 2.48 bits per heavy atom. The van der Waals surface area contributed by atoms with E-state index in [0.29, 0.717) is 15.8 Å². The number of rotatable bonds is 2. The fourth-order valence-electron chi connectivity index (χ4n) is 2.61. The molecule has 3 nitrogen and oxygen atoms in total. The minimum atomic E-state index is -0.167. The summed E-state index contributed by atoms with van der Waals surface area (Å²) in [6.07, 6.45) is 1.75. The van der Waals surface area contributed by atoms with Gasteiger partial charge in [0.15, 0.2) is 5.11 Å². The number of benzene rings is 2. The highest BCUT2D eigenvalue weighted by atomic mass is 35.5. The summed E-state index contributed by atoms with van der Waals surface area (Å²) in [6.45, 7) is 3.99. The van der Waals surface area contributed by atoms with Crippen LogP contribution in [0.2, 0.25) is 5.02 Å². The van der Waals surface area contributed by atoms with Gasteiger partial charge in [0, 0.05) is 5.02 Å². The predicted molar refractivity (Wildman–Crippen MR) is 98.6 cm³/mol. The molecule has 1 aliphatic rings. The molecule has 1 aliphatic heterocycles. The summed E-state index contributed by atoms with van der Waals surface area (Å²) in [7, 11) is 0. The maximum absolute atomic E-state index is 12.7. The monoisotopic (exact) mass is 342 g/mol. The van der Waals surface area contributed by atoms with Crippen molar-refractivity contribution >= 4 is 46.6 Å². The molecule has 1 fully saturated rings. The molecule has 0 aromatic heterocycles. The molecule has 1 N–H and O–H groups in total. The number of halogens is 1. The number of nitrogens with one attached hydrogen (secondary N) is 1. The topological polar surface area (TPSA) is 32.3 Å². The quantitative estimate of drug-likeness (QED) is 0.655. The van der Waals surface area contributed by atoms with Crippen molar-refractivity contribution in [1.82, 2.24) is 5.32 Å². The van der Waals surface area contributed by atoms with E-state index in [1.54, 1.807) is 18.2 Å². The average Bonchev–Trinajstić information content (AvgIpc) is 2.72. The maximum Gasteiger partial charge on any atom is 0.281 e. The lowest BCUT2D eigenvalue weighted by Crippen LogP contribution is -2.30. The van der Waals surface area contributed by atoms with Crippen molar-refractivity contribution < 1.29 is 4.79 Å². The molecule has 1 amide bonds. The zero-order valence-electron chi connectivity index (χ0n) is 12.8. The molecule has 0 saturated carbocycles. The first-order chi connectivity index (χ1) is 10.9. The zero-order chi connectivity index (χ0) is 16.6. The third-order valence-corrected chi connectivity index (χ3v) is 4.02. The van der Waals surface area contributed by atoms with Gasteiger partial charge in [0.25, 0.3) is 5.91 Å². The minimum Gasteiger partial charge on any atom is -0.327 e. The van der Waals surface area contributed by atoms with Gasteiger partial charge in [0.05, 0.1) is 5.69 Å². The Balaban J connectivity index is 1.97. The van der Waals surface area contributed by atoms with Crippen LogP contribution in [0.4, 0.5) is 5.69 Å². The van der Waals surface area contributed by atoms with Gasteiger partial charge in [-0.15, -0.1) is 0 Å². The molecular weight excluding hydrogens is 328 g/mol. The van der Waals surface area contributed by atoms with E-state index in [1.807, 2.05) is 38.1 Å². The van der Waals surface area contributed by atoms with Crippen LogP contribution in [0.15, 0.2) is 48.2 Å². The van der Waals surface area contributed by atoms with E-state index in [1.165, 1.54) is 4.90 Å². The molecule has 2 aromatic rings. The fourth-order valence-corrected chi connectivity index (χ4v) is 3.11. The van der Waals surface area contributed by atoms with Gasteiger partial charge in [-0.1, -0.05) is 29.8 Å². The van der Waals surface area contributed by atoms with Gasteiger partial charge < -0.3 is 5.32 Å². The molecular formula is C18H15ClN2OS. The van der Waals surface area contributed by atoms with E-state index in [9.17, 15) is 4.79 Å². The van der Waals surface area contributed by atoms with E-state index in [0.717, 1.165) is 22.4 Å². The summed E-state index contributed by atoms with van der Waals surface area (Å²) in [5, 5.41) is 3.99. The zero-order valence-corrected chi connectivity index (χ0v) is 14.3. The second-order valence-corrected chi connectivity index (χ2v) is 6.35. The van der Waals surface area contributed by atoms with Crippen LogP contribution in [-0.4, -0.2) is 11.0 Å². The Morgan fingerprint density at radius 1 is 1.13 bits per heavy atom. The van der Waals surface area contributed by atoms with Gasteiger partial charge in [-0.25, -0.2) is 0 Å². The highest BCUT2D eigenvalue weighted by molar-refractivity contribution is 7.80. The van der Waals surface area contributed by atoms with Gasteiger partial charge in [-0.05, 0) is 73.1 Å². The molecule has 0 radical (unpaired) electrons. The van der Waals surface area contributed by atoms with Crippen LogP contribution in [0.3, 0.4) is 0 Å². The summed E-state index contributed by atoms with van der Waals surface area (Å²) < 4.78 is 0. The van der Waals surface area contributed by atoms with Crippen molar-refractivity contribution in [1.29, 1.82) is 0 Å². The fraction of sp³-hybridized carbons (Fsp3) is 0.111. The van der Waals surface area contributed by atoms with Crippen LogP contribution in [-0.2, 0) is 4.79 Å². The molecule has 0 spiro atoms. The number of carbonyl (C=O) groups excluding carboxylic acids is 1. The van der Waals surface area contributed by atoms with Crippen molar-refractivity contribution in [2.75, 3.05) is 4.90 Å². The van der Waals surface area contributed by atoms with E-state index in [2.05, 4.69) is 11.4 Å². The van der Waals surface area contributed by atoms with E-state index in [4.69, 9.17) is 23.8 Å². The first-order valence-electron chi connectivity index (χ1n) is 7.15. The number of amides is 1. The minimum absolute atomic E-state index is 0.167. The highest BCUT2D eigenvalue weighted by Crippen LogP contribution is 2.25. The number of aryl methyl sites for hydroxylation is 2. The normalized spacial score (nSPS) is 16.1. The third-order valence-electron chi connectivity index (χ3n) is 3.50. The largest absolute Gasteiger partial charge is 0.327 e. The van der Waals surface area contributed by atoms with Crippen molar-refractivity contribution in [3.05, 3.63) is 69.9 Å². The first-order valence-corrected chi connectivity index (χ1v) is 7.94. The molecule has 0 unspecified atom stereocenters. The van der Waals surface area contributed by atoms with Crippen LogP contribution >= 0.6 is 23.8 Å². The highest BCUT2D eigenvalue weighted by Gasteiger charge is 2.32. The maximum atomic E-state index is 12.7. The Hall–Kier alpha value is -2.17. The molecule has 2 aromatic carbocycles. The Labute approximate surface area is 145 Å². The summed E-state index contributed by atoms with van der Waals surface area (Å²) >= 11 is 11.3. The average molecular weight is 343 g/mol. The Morgan fingerprint density at radius 2 is 1.83 bits per heavy atom. The summed E-state index contributed by atoms with van der Waals surface area (Å²) in [4.78, 5) is 14.2. The van der Waals surface area contributed by atoms with Gasteiger partial charge in [0.2, 0.25) is 0 Å². The molecule has 3 rings (SSSR count). The van der Waals surface area contributed by atoms with E-state index >= 15 is 0 Å². The summed E-state index contributed by atoms with van der Waals surface area (Å²) in [5.74, 6) is -0.167. The van der Waals surface area contributed by atoms with Crippen LogP contribution in [0.5, 0.6) is 0 Å². The number of anilines is 1. The van der Waals surface area contributed by atoms with Crippen molar-refractivity contribution in [2.45, 2.75) is 13.8 Å². The lowest BCUT2D eigenvalue weighted by atomic mass is 10.1. The molecule has 5 heteroatoms. The molecule has 116 valence electrons. The van der Waals surface area contributed by atoms with Gasteiger partial charge in [-0.3, -0.25) is 9.69 Å². The molecule has 1 saturated heterocycles.